The first-order chi connectivity index (χ1) is 11.5. The largest absolute Gasteiger partial charge is 0.345 e. The quantitative estimate of drug-likeness (QED) is 0.791. The second-order valence-electron chi connectivity index (χ2n) is 5.57. The van der Waals surface area contributed by atoms with E-state index in [2.05, 4.69) is 15.4 Å². The maximum absolute atomic E-state index is 13.8. The molecule has 1 fully saturated rings. The van der Waals surface area contributed by atoms with Crippen LogP contribution in [-0.2, 0) is 0 Å². The highest BCUT2D eigenvalue weighted by atomic mass is 35.5. The van der Waals surface area contributed by atoms with E-state index in [-0.39, 0.29) is 10.7 Å². The topological polar surface area (TPSA) is 59.3 Å². The van der Waals surface area contributed by atoms with Gasteiger partial charge in [-0.05, 0) is 23.8 Å². The molecule has 2 heterocycles. The third kappa shape index (κ3) is 2.50. The van der Waals surface area contributed by atoms with Gasteiger partial charge in [0, 0.05) is 18.8 Å². The zero-order valence-corrected chi connectivity index (χ0v) is 13.0. The number of carbonyl (C=O) groups is 1. The molecule has 3 aromatic rings. The van der Waals surface area contributed by atoms with Crippen molar-refractivity contribution in [3.63, 3.8) is 0 Å². The maximum atomic E-state index is 13.8. The Hall–Kier alpha value is -2.54. The van der Waals surface area contributed by atoms with Gasteiger partial charge in [-0.3, -0.25) is 4.79 Å². The van der Waals surface area contributed by atoms with E-state index >= 15 is 0 Å². The molecule has 4 rings (SSSR count). The Morgan fingerprint density at radius 2 is 2.21 bits per heavy atom. The number of aromatic nitrogens is 3. The van der Waals surface area contributed by atoms with Crippen molar-refractivity contribution in [2.45, 2.75) is 18.6 Å². The lowest BCUT2D eigenvalue weighted by molar-refractivity contribution is 0.0943. The van der Waals surface area contributed by atoms with E-state index in [1.54, 1.807) is 24.5 Å². The zero-order chi connectivity index (χ0) is 16.8. The minimum Gasteiger partial charge on any atom is -0.345 e. The first-order valence-corrected chi connectivity index (χ1v) is 7.66. The molecule has 1 aliphatic rings. The van der Waals surface area contributed by atoms with Crippen molar-refractivity contribution in [2.75, 3.05) is 0 Å². The first-order valence-electron chi connectivity index (χ1n) is 7.28. The molecule has 0 radical (unpaired) electrons. The minimum absolute atomic E-state index is 0.0209. The number of carbonyl (C=O) groups excluding carboxylic acids is 1. The molecule has 5 nitrogen and oxygen atoms in total. The Bertz CT molecular complexity index is 958. The van der Waals surface area contributed by atoms with Crippen LogP contribution in [0.25, 0.3) is 16.8 Å². The van der Waals surface area contributed by atoms with Gasteiger partial charge >= 0.3 is 0 Å². The lowest BCUT2D eigenvalue weighted by atomic mass is 10.1. The van der Waals surface area contributed by atoms with Crippen molar-refractivity contribution >= 4 is 23.2 Å². The molecule has 2 aromatic heterocycles. The lowest BCUT2D eigenvalue weighted by Gasteiger charge is -2.05. The van der Waals surface area contributed by atoms with Crippen LogP contribution in [0.15, 0.2) is 36.7 Å². The lowest BCUT2D eigenvalue weighted by Crippen LogP contribution is -2.28. The Labute approximate surface area is 140 Å². The molecule has 0 spiro atoms. The van der Waals surface area contributed by atoms with E-state index in [4.69, 9.17) is 11.6 Å². The molecule has 0 saturated heterocycles. The van der Waals surface area contributed by atoms with Gasteiger partial charge in [-0.2, -0.15) is 5.10 Å². The van der Waals surface area contributed by atoms with Crippen LogP contribution in [0.4, 0.5) is 8.78 Å². The fraction of sp³-hybridized carbons (Fsp3) is 0.188. The molecule has 8 heteroatoms. The van der Waals surface area contributed by atoms with Crippen LogP contribution in [0.1, 0.15) is 16.9 Å². The average molecular weight is 349 g/mol. The number of nitrogens with zero attached hydrogens (tertiary/aromatic N) is 3. The van der Waals surface area contributed by atoms with E-state index < -0.39 is 23.9 Å². The summed E-state index contributed by atoms with van der Waals surface area (Å²) in [6.45, 7) is 0. The van der Waals surface area contributed by atoms with Crippen LogP contribution >= 0.6 is 11.6 Å². The third-order valence-electron chi connectivity index (χ3n) is 3.85. The van der Waals surface area contributed by atoms with Crippen molar-refractivity contribution in [2.24, 2.45) is 0 Å². The summed E-state index contributed by atoms with van der Waals surface area (Å²) in [6, 6.07) is 5.37. The average Bonchev–Trinajstić information content (AvgIpc) is 3.11. The van der Waals surface area contributed by atoms with Gasteiger partial charge in [0.15, 0.2) is 11.3 Å². The summed E-state index contributed by atoms with van der Waals surface area (Å²) >= 11 is 5.72. The van der Waals surface area contributed by atoms with E-state index in [1.807, 2.05) is 0 Å². The standard InChI is InChI=1S/C16H11ClF2N4O/c17-9-3-2-8(6-10(9)18)13-14(16(24)21-12-7-11(12)19)22-23-5-1-4-20-15(13)23/h1-6,11-12H,7H2,(H,21,24)/t11-,12+/m0/s1. The van der Waals surface area contributed by atoms with E-state index in [9.17, 15) is 13.6 Å². The van der Waals surface area contributed by atoms with Crippen LogP contribution in [0.2, 0.25) is 5.02 Å². The molecular weight excluding hydrogens is 338 g/mol. The summed E-state index contributed by atoms with van der Waals surface area (Å²) in [4.78, 5) is 16.7. The van der Waals surface area contributed by atoms with Crippen molar-refractivity contribution < 1.29 is 13.6 Å². The fourth-order valence-electron chi connectivity index (χ4n) is 2.51. The zero-order valence-electron chi connectivity index (χ0n) is 12.2. The van der Waals surface area contributed by atoms with Gasteiger partial charge in [0.1, 0.15) is 12.0 Å². The van der Waals surface area contributed by atoms with E-state index in [0.29, 0.717) is 23.2 Å². The minimum atomic E-state index is -1.03. The number of hydrogen-bond donors (Lipinski definition) is 1. The van der Waals surface area contributed by atoms with Crippen molar-refractivity contribution in [1.29, 1.82) is 0 Å². The van der Waals surface area contributed by atoms with Gasteiger partial charge in [0.25, 0.3) is 5.91 Å². The number of alkyl halides is 1. The highest BCUT2D eigenvalue weighted by Crippen LogP contribution is 2.31. The maximum Gasteiger partial charge on any atom is 0.272 e. The molecule has 1 amide bonds. The molecular formula is C16H11ClF2N4O. The van der Waals surface area contributed by atoms with Gasteiger partial charge in [-0.1, -0.05) is 17.7 Å². The van der Waals surface area contributed by atoms with Gasteiger partial charge in [-0.25, -0.2) is 18.3 Å². The monoisotopic (exact) mass is 348 g/mol. The molecule has 0 bridgehead atoms. The number of halogens is 3. The molecule has 122 valence electrons. The predicted molar refractivity (Wildman–Crippen MR) is 84.2 cm³/mol. The molecule has 2 atom stereocenters. The molecule has 1 N–H and O–H groups in total. The first kappa shape index (κ1) is 15.0. The number of nitrogens with one attached hydrogen (secondary N) is 1. The number of benzene rings is 1. The fourth-order valence-corrected chi connectivity index (χ4v) is 2.63. The summed E-state index contributed by atoms with van der Waals surface area (Å²) in [5.74, 6) is -1.13. The Balaban J connectivity index is 1.86. The van der Waals surface area contributed by atoms with Crippen LogP contribution in [0, 0.1) is 5.82 Å². The second kappa shape index (κ2) is 5.52. The number of amides is 1. The number of rotatable bonds is 3. The number of hydrogen-bond acceptors (Lipinski definition) is 3. The highest BCUT2D eigenvalue weighted by molar-refractivity contribution is 6.30. The van der Waals surface area contributed by atoms with Gasteiger partial charge < -0.3 is 5.32 Å². The molecule has 1 aliphatic carbocycles. The molecule has 24 heavy (non-hydrogen) atoms. The van der Waals surface area contributed by atoms with Crippen LogP contribution in [0.3, 0.4) is 0 Å². The van der Waals surface area contributed by atoms with Crippen molar-refractivity contribution in [3.05, 3.63) is 53.2 Å². The predicted octanol–water partition coefficient (Wildman–Crippen LogP) is 3.03. The summed E-state index contributed by atoms with van der Waals surface area (Å²) in [5.41, 5.74) is 1.26. The van der Waals surface area contributed by atoms with Crippen LogP contribution in [0.5, 0.6) is 0 Å². The van der Waals surface area contributed by atoms with Crippen molar-refractivity contribution in [3.8, 4) is 11.1 Å². The highest BCUT2D eigenvalue weighted by Gasteiger charge is 2.39. The van der Waals surface area contributed by atoms with Crippen LogP contribution < -0.4 is 5.32 Å². The summed E-state index contributed by atoms with van der Waals surface area (Å²) in [6.07, 6.45) is 2.44. The van der Waals surface area contributed by atoms with Gasteiger partial charge in [0.05, 0.1) is 16.6 Å². The molecule has 0 unspecified atom stereocenters. The molecule has 0 aliphatic heterocycles. The normalized spacial score (nSPS) is 19.5. The van der Waals surface area contributed by atoms with Gasteiger partial charge in [-0.15, -0.1) is 0 Å². The smallest absolute Gasteiger partial charge is 0.272 e. The Morgan fingerprint density at radius 1 is 1.42 bits per heavy atom. The van der Waals surface area contributed by atoms with E-state index in [0.717, 1.165) is 0 Å². The summed E-state index contributed by atoms with van der Waals surface area (Å²) in [5, 5.41) is 6.77. The Kier molecular flexibility index (Phi) is 3.45. The van der Waals surface area contributed by atoms with E-state index in [1.165, 1.54) is 16.6 Å². The third-order valence-corrected chi connectivity index (χ3v) is 4.15. The number of fused-ring (bicyclic) bond motifs is 1. The summed E-state index contributed by atoms with van der Waals surface area (Å²) in [7, 11) is 0. The molecule has 1 saturated carbocycles. The van der Waals surface area contributed by atoms with Crippen molar-refractivity contribution in [1.82, 2.24) is 19.9 Å². The van der Waals surface area contributed by atoms with Crippen LogP contribution in [-0.4, -0.2) is 32.7 Å². The summed E-state index contributed by atoms with van der Waals surface area (Å²) < 4.78 is 28.3. The SMILES string of the molecule is O=C(N[C@@H]1C[C@@H]1F)c1nn2cccnc2c1-c1ccc(Cl)c(F)c1. The second-order valence-corrected chi connectivity index (χ2v) is 5.98. The molecule has 1 aromatic carbocycles. The Morgan fingerprint density at radius 3 is 2.92 bits per heavy atom. The van der Waals surface area contributed by atoms with Gasteiger partial charge in [0.2, 0.25) is 0 Å².